The normalized spacial score (nSPS) is 10.8. The van der Waals surface area contributed by atoms with Crippen molar-refractivity contribution in [2.75, 3.05) is 19.8 Å². The fourth-order valence-electron chi connectivity index (χ4n) is 3.07. The van der Waals surface area contributed by atoms with Gasteiger partial charge in [0, 0.05) is 11.6 Å². The highest BCUT2D eigenvalue weighted by Gasteiger charge is 2.03. The van der Waals surface area contributed by atoms with E-state index in [9.17, 15) is 9.59 Å². The summed E-state index contributed by atoms with van der Waals surface area (Å²) in [5, 5.41) is 0. The molecule has 0 heterocycles. The van der Waals surface area contributed by atoms with Crippen molar-refractivity contribution in [3.05, 3.63) is 48.1 Å². The molecule has 0 aliphatic rings. The molecule has 178 valence electrons. The number of hydrogen-bond acceptors (Lipinski definition) is 5. The quantitative estimate of drug-likeness (QED) is 0.144. The zero-order chi connectivity index (χ0) is 23.4. The first kappa shape index (κ1) is 27.5. The Labute approximate surface area is 193 Å². The van der Waals surface area contributed by atoms with Crippen LogP contribution in [0.5, 0.6) is 5.75 Å². The van der Waals surface area contributed by atoms with Crippen molar-refractivity contribution < 1.29 is 23.8 Å². The molecule has 0 aliphatic heterocycles. The maximum absolute atomic E-state index is 11.7. The van der Waals surface area contributed by atoms with E-state index in [1.807, 2.05) is 24.3 Å². The molecule has 0 atom stereocenters. The van der Waals surface area contributed by atoms with Crippen LogP contribution in [0.3, 0.4) is 0 Å². The number of carbonyl (C=O) groups is 2. The summed E-state index contributed by atoms with van der Waals surface area (Å²) in [4.78, 5) is 22.9. The smallest absolute Gasteiger partial charge is 0.333 e. The summed E-state index contributed by atoms with van der Waals surface area (Å²) >= 11 is 0. The van der Waals surface area contributed by atoms with E-state index in [0.29, 0.717) is 5.57 Å². The van der Waals surface area contributed by atoms with E-state index < -0.39 is 11.9 Å². The Hall–Kier alpha value is -2.56. The van der Waals surface area contributed by atoms with E-state index in [1.165, 1.54) is 63.9 Å². The van der Waals surface area contributed by atoms with E-state index in [-0.39, 0.29) is 13.2 Å². The van der Waals surface area contributed by atoms with Gasteiger partial charge in [-0.15, -0.1) is 0 Å². The molecule has 0 saturated heterocycles. The fourth-order valence-corrected chi connectivity index (χ4v) is 3.07. The van der Waals surface area contributed by atoms with Gasteiger partial charge in [0.15, 0.2) is 0 Å². The number of benzene rings is 1. The summed E-state index contributed by atoms with van der Waals surface area (Å²) in [5.41, 5.74) is 1.19. The maximum atomic E-state index is 11.7. The van der Waals surface area contributed by atoms with Crippen LogP contribution >= 0.6 is 0 Å². The molecule has 0 spiro atoms. The van der Waals surface area contributed by atoms with E-state index in [4.69, 9.17) is 14.2 Å². The van der Waals surface area contributed by atoms with E-state index in [1.54, 1.807) is 13.0 Å². The number of carbonyl (C=O) groups excluding carboxylic acids is 2. The third-order valence-corrected chi connectivity index (χ3v) is 4.97. The Balaban J connectivity index is 2.10. The summed E-state index contributed by atoms with van der Waals surface area (Å²) < 4.78 is 15.6. The minimum absolute atomic E-state index is 0.00787. The molecule has 0 aliphatic carbocycles. The summed E-state index contributed by atoms with van der Waals surface area (Å²) in [6, 6.07) is 7.59. The Morgan fingerprint density at radius 2 is 1.38 bits per heavy atom. The van der Waals surface area contributed by atoms with Crippen LogP contribution in [0, 0.1) is 0 Å². The molecule has 5 heteroatoms. The fraction of sp³-hybridized carbons (Fsp3) is 0.556. The van der Waals surface area contributed by atoms with E-state index in [2.05, 4.69) is 13.5 Å². The minimum atomic E-state index is -0.493. The van der Waals surface area contributed by atoms with Gasteiger partial charge in [-0.2, -0.15) is 0 Å². The number of esters is 2. The van der Waals surface area contributed by atoms with Crippen LogP contribution in [0.25, 0.3) is 6.08 Å². The summed E-state index contributed by atoms with van der Waals surface area (Å²) in [6.45, 7) is 8.04. The molecule has 32 heavy (non-hydrogen) atoms. The topological polar surface area (TPSA) is 61.8 Å². The van der Waals surface area contributed by atoms with Gasteiger partial charge in [0.1, 0.15) is 19.0 Å². The first-order valence-electron chi connectivity index (χ1n) is 11.9. The molecule has 0 amide bonds. The van der Waals surface area contributed by atoms with E-state index >= 15 is 0 Å². The third-order valence-electron chi connectivity index (χ3n) is 4.97. The molecule has 0 N–H and O–H groups in total. The maximum Gasteiger partial charge on any atom is 0.333 e. The van der Waals surface area contributed by atoms with Gasteiger partial charge in [0.25, 0.3) is 0 Å². The molecular formula is C27H40O5. The number of rotatable bonds is 18. The molecule has 0 unspecified atom stereocenters. The van der Waals surface area contributed by atoms with Crippen LogP contribution < -0.4 is 4.74 Å². The largest absolute Gasteiger partial charge is 0.494 e. The summed E-state index contributed by atoms with van der Waals surface area (Å²) in [5.74, 6) is -0.148. The standard InChI is InChI=1S/C27H40O5/c1-4-5-6-7-8-9-10-11-12-13-20-30-25-17-14-24(15-18-25)16-19-26(28)31-21-22-32-27(29)23(2)3/h14-19H,2,4-13,20-22H2,1,3H3/b19-16+. The van der Waals surface area contributed by atoms with Crippen molar-refractivity contribution in [2.45, 2.75) is 78.1 Å². The van der Waals surface area contributed by atoms with E-state index in [0.717, 1.165) is 24.3 Å². The minimum Gasteiger partial charge on any atom is -0.494 e. The highest BCUT2D eigenvalue weighted by Crippen LogP contribution is 2.15. The van der Waals surface area contributed by atoms with Gasteiger partial charge < -0.3 is 14.2 Å². The first-order valence-corrected chi connectivity index (χ1v) is 11.9. The molecule has 0 saturated carbocycles. The molecule has 5 nitrogen and oxygen atoms in total. The van der Waals surface area contributed by atoms with Gasteiger partial charge in [-0.25, -0.2) is 9.59 Å². The van der Waals surface area contributed by atoms with Crippen LogP contribution in [0.1, 0.15) is 83.6 Å². The molecule has 0 fully saturated rings. The zero-order valence-electron chi connectivity index (χ0n) is 19.9. The lowest BCUT2D eigenvalue weighted by Gasteiger charge is -2.07. The van der Waals surface area contributed by atoms with Crippen LogP contribution in [0.4, 0.5) is 0 Å². The second-order valence-corrected chi connectivity index (χ2v) is 8.02. The van der Waals surface area contributed by atoms with Gasteiger partial charge >= 0.3 is 11.9 Å². The molecule has 0 radical (unpaired) electrons. The Bertz CT molecular complexity index is 691. The van der Waals surface area contributed by atoms with Crippen LogP contribution in [-0.2, 0) is 19.1 Å². The van der Waals surface area contributed by atoms with Crippen molar-refractivity contribution in [3.63, 3.8) is 0 Å². The molecule has 1 aromatic rings. The number of unbranched alkanes of at least 4 members (excludes halogenated alkanes) is 9. The number of hydrogen-bond donors (Lipinski definition) is 0. The van der Waals surface area contributed by atoms with Crippen molar-refractivity contribution >= 4 is 18.0 Å². The van der Waals surface area contributed by atoms with Crippen LogP contribution in [0.15, 0.2) is 42.5 Å². The predicted octanol–water partition coefficient (Wildman–Crippen LogP) is 6.66. The predicted molar refractivity (Wildman–Crippen MR) is 130 cm³/mol. The summed E-state index contributed by atoms with van der Waals surface area (Å²) in [7, 11) is 0. The lowest BCUT2D eigenvalue weighted by atomic mass is 10.1. The monoisotopic (exact) mass is 444 g/mol. The van der Waals surface area contributed by atoms with Crippen molar-refractivity contribution in [1.29, 1.82) is 0 Å². The highest BCUT2D eigenvalue weighted by molar-refractivity contribution is 5.87. The van der Waals surface area contributed by atoms with Gasteiger partial charge in [-0.05, 0) is 37.1 Å². The molecule has 0 aromatic heterocycles. The molecule has 1 aromatic carbocycles. The first-order chi connectivity index (χ1) is 15.5. The summed E-state index contributed by atoms with van der Waals surface area (Å²) in [6.07, 6.45) is 16.1. The van der Waals surface area contributed by atoms with Crippen LogP contribution in [0.2, 0.25) is 0 Å². The average Bonchev–Trinajstić information content (AvgIpc) is 2.79. The highest BCUT2D eigenvalue weighted by atomic mass is 16.6. The second kappa shape index (κ2) is 18.1. The zero-order valence-corrected chi connectivity index (χ0v) is 19.9. The Kier molecular flexibility index (Phi) is 15.5. The average molecular weight is 445 g/mol. The molecule has 0 bridgehead atoms. The van der Waals surface area contributed by atoms with Gasteiger partial charge in [0.2, 0.25) is 0 Å². The SMILES string of the molecule is C=C(C)C(=O)OCCOC(=O)/C=C/c1ccc(OCCCCCCCCCCCC)cc1. The Morgan fingerprint density at radius 1 is 0.812 bits per heavy atom. The molecular weight excluding hydrogens is 404 g/mol. The van der Waals surface area contributed by atoms with Gasteiger partial charge in [-0.3, -0.25) is 0 Å². The Morgan fingerprint density at radius 3 is 1.97 bits per heavy atom. The van der Waals surface area contributed by atoms with Crippen LogP contribution in [-0.4, -0.2) is 31.8 Å². The lowest BCUT2D eigenvalue weighted by molar-refractivity contribution is -0.146. The lowest BCUT2D eigenvalue weighted by Crippen LogP contribution is -2.12. The van der Waals surface area contributed by atoms with Crippen molar-refractivity contribution in [3.8, 4) is 5.75 Å². The second-order valence-electron chi connectivity index (χ2n) is 8.02. The van der Waals surface area contributed by atoms with Gasteiger partial charge in [-0.1, -0.05) is 83.4 Å². The van der Waals surface area contributed by atoms with Crippen molar-refractivity contribution in [2.24, 2.45) is 0 Å². The number of ether oxygens (including phenoxy) is 3. The van der Waals surface area contributed by atoms with Crippen molar-refractivity contribution in [1.82, 2.24) is 0 Å². The third kappa shape index (κ3) is 14.4. The van der Waals surface area contributed by atoms with Gasteiger partial charge in [0.05, 0.1) is 6.61 Å². The molecule has 1 rings (SSSR count).